The van der Waals surface area contributed by atoms with E-state index in [4.69, 9.17) is 5.41 Å². The summed E-state index contributed by atoms with van der Waals surface area (Å²) in [7, 11) is 1.91. The second-order valence-corrected chi connectivity index (χ2v) is 5.73. The highest BCUT2D eigenvalue weighted by molar-refractivity contribution is 9.10. The van der Waals surface area contributed by atoms with Gasteiger partial charge in [0, 0.05) is 11.5 Å². The summed E-state index contributed by atoms with van der Waals surface area (Å²) in [6.07, 6.45) is 1.93. The van der Waals surface area contributed by atoms with Gasteiger partial charge in [-0.05, 0) is 15.9 Å². The number of H-pyrrole nitrogens is 1. The molecule has 4 nitrogen and oxygen atoms in total. The molecule has 0 bridgehead atoms. The zero-order valence-electron chi connectivity index (χ0n) is 8.84. The van der Waals surface area contributed by atoms with E-state index in [-0.39, 0.29) is 16.3 Å². The van der Waals surface area contributed by atoms with Crippen molar-refractivity contribution in [1.82, 2.24) is 4.98 Å². The number of alkyl halides is 1. The Kier molecular flexibility index (Phi) is 2.28. The van der Waals surface area contributed by atoms with Crippen molar-refractivity contribution in [3.63, 3.8) is 0 Å². The number of halogens is 2. The largest absolute Gasteiger partial charge is 0.345 e. The molecule has 0 saturated carbocycles. The van der Waals surface area contributed by atoms with Gasteiger partial charge in [-0.15, -0.1) is 0 Å². The average molecular weight is 358 g/mol. The van der Waals surface area contributed by atoms with E-state index in [1.54, 1.807) is 0 Å². The molecule has 1 aliphatic carbocycles. The fraction of sp³-hybridized carbons (Fsp3) is 0.182. The number of nitrogens with one attached hydrogen (secondary N) is 2. The van der Waals surface area contributed by atoms with Crippen LogP contribution in [0.3, 0.4) is 0 Å². The van der Waals surface area contributed by atoms with E-state index in [1.807, 2.05) is 23.9 Å². The minimum absolute atomic E-state index is 0.0648. The standard InChI is InChI=1S/C11H7Br2N3O/c1-16-3-2-4-5-8(15-11(4)13)10(17)7(14)6(12)9(5)16/h2-3,6,14H,1H3/p+1. The summed E-state index contributed by atoms with van der Waals surface area (Å²) in [6, 6.07) is 1.95. The van der Waals surface area contributed by atoms with Crippen LogP contribution in [0.5, 0.6) is 0 Å². The van der Waals surface area contributed by atoms with Crippen LogP contribution in [0.15, 0.2) is 16.9 Å². The van der Waals surface area contributed by atoms with Crippen LogP contribution < -0.4 is 4.57 Å². The Morgan fingerprint density at radius 3 is 2.94 bits per heavy atom. The fourth-order valence-corrected chi connectivity index (χ4v) is 3.50. The monoisotopic (exact) mass is 356 g/mol. The number of hydrogen-bond donors (Lipinski definition) is 2. The molecule has 2 aromatic rings. The van der Waals surface area contributed by atoms with Gasteiger partial charge in [0.1, 0.15) is 23.3 Å². The number of carbonyl (C=O) groups is 1. The number of carbonyl (C=O) groups excluding carboxylic acids is 1. The second kappa shape index (κ2) is 3.49. The molecular formula is C11H8Br2N3O+. The first-order chi connectivity index (χ1) is 8.02. The van der Waals surface area contributed by atoms with Gasteiger partial charge in [0.25, 0.3) is 0 Å². The third-order valence-corrected chi connectivity index (χ3v) is 4.57. The van der Waals surface area contributed by atoms with Crippen molar-refractivity contribution in [3.05, 3.63) is 28.3 Å². The van der Waals surface area contributed by atoms with E-state index in [2.05, 4.69) is 36.8 Å². The highest BCUT2D eigenvalue weighted by atomic mass is 79.9. The lowest BCUT2D eigenvalue weighted by atomic mass is 9.95. The third kappa shape index (κ3) is 1.31. The van der Waals surface area contributed by atoms with Crippen molar-refractivity contribution in [1.29, 1.82) is 5.41 Å². The molecule has 2 heterocycles. The number of Topliss-reactive ketones (excluding diaryl/α,β-unsaturated/α-hetero) is 1. The van der Waals surface area contributed by atoms with Gasteiger partial charge >= 0.3 is 0 Å². The number of aromatic amines is 1. The van der Waals surface area contributed by atoms with Gasteiger partial charge in [-0.2, -0.15) is 0 Å². The number of ketones is 1. The highest BCUT2D eigenvalue weighted by Gasteiger charge is 2.38. The molecule has 2 N–H and O–H groups in total. The quantitative estimate of drug-likeness (QED) is 0.552. The van der Waals surface area contributed by atoms with Gasteiger partial charge in [0.05, 0.1) is 9.99 Å². The first kappa shape index (κ1) is 11.1. The van der Waals surface area contributed by atoms with Crippen molar-refractivity contribution in [2.24, 2.45) is 7.05 Å². The Morgan fingerprint density at radius 1 is 1.53 bits per heavy atom. The van der Waals surface area contributed by atoms with Crippen LogP contribution in [0, 0.1) is 5.41 Å². The van der Waals surface area contributed by atoms with Gasteiger partial charge in [0.15, 0.2) is 6.20 Å². The number of rotatable bonds is 0. The van der Waals surface area contributed by atoms with E-state index in [1.165, 1.54) is 0 Å². The number of hydrogen-bond acceptors (Lipinski definition) is 2. The topological polar surface area (TPSA) is 60.6 Å². The molecule has 0 saturated heterocycles. The van der Waals surface area contributed by atoms with E-state index in [0.717, 1.165) is 21.1 Å². The van der Waals surface area contributed by atoms with Crippen molar-refractivity contribution < 1.29 is 9.36 Å². The molecule has 1 aliphatic rings. The zero-order valence-corrected chi connectivity index (χ0v) is 12.0. The maximum atomic E-state index is 12.0. The second-order valence-electron chi connectivity index (χ2n) is 4.02. The maximum absolute atomic E-state index is 12.0. The summed E-state index contributed by atoms with van der Waals surface area (Å²) in [6.45, 7) is 0. The third-order valence-electron chi connectivity index (χ3n) is 3.06. The van der Waals surface area contributed by atoms with Crippen LogP contribution in [0.4, 0.5) is 0 Å². The fourth-order valence-electron chi connectivity index (χ4n) is 2.21. The van der Waals surface area contributed by atoms with E-state index in [0.29, 0.717) is 5.69 Å². The molecule has 0 aliphatic heterocycles. The predicted octanol–water partition coefficient (Wildman–Crippen LogP) is 2.41. The van der Waals surface area contributed by atoms with Crippen LogP contribution in [0.2, 0.25) is 0 Å². The number of aromatic nitrogens is 2. The van der Waals surface area contributed by atoms with Crippen LogP contribution in [-0.2, 0) is 7.05 Å². The number of nitrogens with zero attached hydrogens (tertiary/aromatic N) is 1. The normalized spacial score (nSPS) is 19.1. The molecule has 6 heteroatoms. The molecule has 0 fully saturated rings. The highest BCUT2D eigenvalue weighted by Crippen LogP contribution is 2.38. The Labute approximate surface area is 114 Å². The van der Waals surface area contributed by atoms with Crippen LogP contribution in [0.25, 0.3) is 10.8 Å². The van der Waals surface area contributed by atoms with Gasteiger partial charge in [-0.25, -0.2) is 4.57 Å². The molecule has 86 valence electrons. The van der Waals surface area contributed by atoms with Crippen LogP contribution in [0.1, 0.15) is 21.0 Å². The summed E-state index contributed by atoms with van der Waals surface area (Å²) < 4.78 is 2.72. The molecule has 2 aromatic heterocycles. The summed E-state index contributed by atoms with van der Waals surface area (Å²) in [4.78, 5) is 14.7. The van der Waals surface area contributed by atoms with E-state index < -0.39 is 0 Å². The molecule has 1 unspecified atom stereocenters. The molecule has 3 rings (SSSR count). The lowest BCUT2D eigenvalue weighted by molar-refractivity contribution is -0.677. The molecule has 0 amide bonds. The SMILES string of the molecule is C[n+]1ccc2c(Br)[nH]c3c2c1C(Br)C(=N)C3=O. The lowest BCUT2D eigenvalue weighted by Gasteiger charge is -2.15. The number of pyridine rings is 1. The molecule has 0 spiro atoms. The Hall–Kier alpha value is -1.01. The van der Waals surface area contributed by atoms with E-state index in [9.17, 15) is 4.79 Å². The van der Waals surface area contributed by atoms with Gasteiger partial charge in [-0.3, -0.25) is 10.2 Å². The molecule has 0 radical (unpaired) electrons. The minimum Gasteiger partial charge on any atom is -0.345 e. The summed E-state index contributed by atoms with van der Waals surface area (Å²) >= 11 is 6.83. The Bertz CT molecular complexity index is 690. The van der Waals surface area contributed by atoms with Gasteiger partial charge < -0.3 is 4.98 Å². The predicted molar refractivity (Wildman–Crippen MR) is 70.9 cm³/mol. The van der Waals surface area contributed by atoms with Crippen molar-refractivity contribution >= 4 is 54.1 Å². The lowest BCUT2D eigenvalue weighted by Crippen LogP contribution is -2.39. The van der Waals surface area contributed by atoms with Crippen molar-refractivity contribution in [2.45, 2.75) is 4.83 Å². The van der Waals surface area contributed by atoms with E-state index >= 15 is 0 Å². The minimum atomic E-state index is -0.348. The maximum Gasteiger partial charge on any atom is 0.225 e. The Balaban J connectivity index is 2.56. The summed E-state index contributed by atoms with van der Waals surface area (Å²) in [5, 5.41) is 9.72. The molecule has 1 atom stereocenters. The van der Waals surface area contributed by atoms with Crippen molar-refractivity contribution in [2.75, 3.05) is 0 Å². The van der Waals surface area contributed by atoms with Gasteiger partial charge in [-0.1, -0.05) is 15.9 Å². The van der Waals surface area contributed by atoms with Crippen LogP contribution in [-0.4, -0.2) is 16.5 Å². The van der Waals surface area contributed by atoms with Crippen LogP contribution >= 0.6 is 31.9 Å². The van der Waals surface area contributed by atoms with Gasteiger partial charge in [0.2, 0.25) is 11.5 Å². The first-order valence-electron chi connectivity index (χ1n) is 4.99. The number of aryl methyl sites for hydroxylation is 1. The molecule has 0 aromatic carbocycles. The average Bonchev–Trinajstić information content (AvgIpc) is 2.63. The smallest absolute Gasteiger partial charge is 0.225 e. The Morgan fingerprint density at radius 2 is 2.24 bits per heavy atom. The summed E-state index contributed by atoms with van der Waals surface area (Å²) in [5.74, 6) is -0.249. The zero-order chi connectivity index (χ0) is 12.3. The summed E-state index contributed by atoms with van der Waals surface area (Å²) in [5.41, 5.74) is 1.50. The first-order valence-corrected chi connectivity index (χ1v) is 6.70. The molecular weight excluding hydrogens is 350 g/mol. The van der Waals surface area contributed by atoms with Crippen molar-refractivity contribution in [3.8, 4) is 0 Å². The molecule has 17 heavy (non-hydrogen) atoms.